The van der Waals surface area contributed by atoms with Crippen LogP contribution in [0.1, 0.15) is 0 Å². The maximum absolute atomic E-state index is 12.1. The number of halogens is 2. The highest BCUT2D eigenvalue weighted by Crippen LogP contribution is 2.25. The first-order valence-corrected chi connectivity index (χ1v) is 7.89. The number of nitrogens with one attached hydrogen (secondary N) is 1. The fraction of sp³-hybridized carbons (Fsp3) is 0. The van der Waals surface area contributed by atoms with Crippen LogP contribution in [-0.4, -0.2) is 23.3 Å². The van der Waals surface area contributed by atoms with E-state index < -0.39 is 20.8 Å². The van der Waals surface area contributed by atoms with Gasteiger partial charge < -0.3 is 10.1 Å². The minimum absolute atomic E-state index is 0.0309. The second-order valence-electron chi connectivity index (χ2n) is 3.71. The molecule has 1 N–H and O–H groups in total. The zero-order valence-corrected chi connectivity index (χ0v) is 13.2. The molecule has 2 rings (SSSR count). The van der Waals surface area contributed by atoms with Gasteiger partial charge in [0.2, 0.25) is 0 Å². The minimum atomic E-state index is -3.98. The van der Waals surface area contributed by atoms with Gasteiger partial charge in [-0.2, -0.15) is 0 Å². The first-order chi connectivity index (χ1) is 9.79. The molecule has 11 heteroatoms. The van der Waals surface area contributed by atoms with Gasteiger partial charge in [0.25, 0.3) is 10.0 Å². The number of anilines is 1. The summed E-state index contributed by atoms with van der Waals surface area (Å²) in [5.41, 5.74) is 0.0735. The Morgan fingerprint density at radius 2 is 2.00 bits per heavy atom. The Morgan fingerprint density at radius 3 is 2.57 bits per heavy atom. The lowest BCUT2D eigenvalue weighted by Gasteiger charge is -2.08. The van der Waals surface area contributed by atoms with Gasteiger partial charge in [-0.15, -0.1) is 0 Å². The molecule has 0 bridgehead atoms. The quantitative estimate of drug-likeness (QED) is 0.485. The third-order valence-electron chi connectivity index (χ3n) is 2.27. The molecule has 0 amide bonds. The lowest BCUT2D eigenvalue weighted by atomic mass is 10.4. The number of aromatic nitrogens is 2. The minimum Gasteiger partial charge on any atom is -0.358 e. The SMILES string of the molecule is O=[N+]([O-])c1ccc(S(=O)(=O)Nc2cc(Br)cnc2Cl)cn1. The fourth-order valence-corrected chi connectivity index (χ4v) is 2.88. The summed E-state index contributed by atoms with van der Waals surface area (Å²) in [6.45, 7) is 0. The number of sulfonamides is 1. The number of hydrogen-bond donors (Lipinski definition) is 1. The van der Waals surface area contributed by atoms with E-state index >= 15 is 0 Å². The molecule has 0 aliphatic carbocycles. The number of rotatable bonds is 4. The molecule has 2 aromatic rings. The third kappa shape index (κ3) is 3.65. The van der Waals surface area contributed by atoms with Gasteiger partial charge in [-0.3, -0.25) is 4.72 Å². The molecule has 110 valence electrons. The second-order valence-corrected chi connectivity index (χ2v) is 6.66. The smallest absolute Gasteiger partial charge is 0.358 e. The average molecular weight is 394 g/mol. The topological polar surface area (TPSA) is 115 Å². The number of nitrogens with zero attached hydrogens (tertiary/aromatic N) is 3. The molecular formula is C10H6BrClN4O4S. The van der Waals surface area contributed by atoms with Crippen molar-refractivity contribution in [2.75, 3.05) is 4.72 Å². The highest BCUT2D eigenvalue weighted by atomic mass is 79.9. The van der Waals surface area contributed by atoms with Crippen molar-refractivity contribution in [1.82, 2.24) is 9.97 Å². The summed E-state index contributed by atoms with van der Waals surface area (Å²) in [6.07, 6.45) is 2.30. The zero-order chi connectivity index (χ0) is 15.6. The molecule has 0 spiro atoms. The van der Waals surface area contributed by atoms with E-state index in [0.717, 1.165) is 18.3 Å². The summed E-state index contributed by atoms with van der Waals surface area (Å²) in [5, 5.41) is 10.5. The van der Waals surface area contributed by atoms with E-state index in [2.05, 4.69) is 30.6 Å². The molecule has 0 atom stereocenters. The van der Waals surface area contributed by atoms with Crippen LogP contribution in [0.2, 0.25) is 5.15 Å². The molecule has 8 nitrogen and oxygen atoms in total. The summed E-state index contributed by atoms with van der Waals surface area (Å²) >= 11 is 8.93. The van der Waals surface area contributed by atoms with Gasteiger partial charge in [0.1, 0.15) is 4.90 Å². The third-order valence-corrected chi connectivity index (χ3v) is 4.35. The lowest BCUT2D eigenvalue weighted by Crippen LogP contribution is -2.14. The lowest BCUT2D eigenvalue weighted by molar-refractivity contribution is -0.389. The Kier molecular flexibility index (Phi) is 4.40. The van der Waals surface area contributed by atoms with Crippen LogP contribution < -0.4 is 4.72 Å². The van der Waals surface area contributed by atoms with E-state index in [1.54, 1.807) is 0 Å². The molecule has 0 aliphatic rings. The molecule has 0 aliphatic heterocycles. The second kappa shape index (κ2) is 5.92. The van der Waals surface area contributed by atoms with Gasteiger partial charge >= 0.3 is 5.82 Å². The predicted molar refractivity (Wildman–Crippen MR) is 78.6 cm³/mol. The molecular weight excluding hydrogens is 388 g/mol. The van der Waals surface area contributed by atoms with Crippen LogP contribution in [-0.2, 0) is 10.0 Å². The normalized spacial score (nSPS) is 11.1. The summed E-state index contributed by atoms with van der Waals surface area (Å²) in [7, 11) is -3.98. The number of pyridine rings is 2. The van der Waals surface area contributed by atoms with Gasteiger partial charge in [0.05, 0.1) is 5.69 Å². The molecule has 0 saturated heterocycles. The first kappa shape index (κ1) is 15.6. The van der Waals surface area contributed by atoms with E-state index in [9.17, 15) is 18.5 Å². The average Bonchev–Trinajstić information content (AvgIpc) is 2.43. The van der Waals surface area contributed by atoms with Crippen LogP contribution in [0, 0.1) is 10.1 Å². The van der Waals surface area contributed by atoms with Crippen LogP contribution in [0.25, 0.3) is 0 Å². The summed E-state index contributed by atoms with van der Waals surface area (Å²) in [6, 6.07) is 3.51. The van der Waals surface area contributed by atoms with Gasteiger partial charge in [-0.1, -0.05) is 11.6 Å². The maximum atomic E-state index is 12.1. The van der Waals surface area contributed by atoms with Crippen LogP contribution >= 0.6 is 27.5 Å². The van der Waals surface area contributed by atoms with Crippen molar-refractivity contribution in [2.45, 2.75) is 4.90 Å². The van der Waals surface area contributed by atoms with E-state index in [1.165, 1.54) is 12.3 Å². The van der Waals surface area contributed by atoms with Crippen molar-refractivity contribution in [3.63, 3.8) is 0 Å². The number of nitro groups is 1. The molecule has 2 aromatic heterocycles. The van der Waals surface area contributed by atoms with E-state index in [4.69, 9.17) is 11.6 Å². The van der Waals surface area contributed by atoms with Crippen molar-refractivity contribution in [3.05, 3.63) is 50.3 Å². The van der Waals surface area contributed by atoms with Gasteiger partial charge in [0.15, 0.2) is 11.3 Å². The Balaban J connectivity index is 2.34. The standard InChI is InChI=1S/C10H6BrClN4O4S/c11-6-3-8(10(12)14-4-6)15-21(19,20)7-1-2-9(13-5-7)16(17)18/h1-5,15H. The Hall–Kier alpha value is -1.78. The molecule has 0 unspecified atom stereocenters. The van der Waals surface area contributed by atoms with Gasteiger partial charge in [-0.25, -0.2) is 13.4 Å². The Morgan fingerprint density at radius 1 is 1.29 bits per heavy atom. The Labute approximate surface area is 132 Å². The highest BCUT2D eigenvalue weighted by molar-refractivity contribution is 9.10. The zero-order valence-electron chi connectivity index (χ0n) is 10.0. The summed E-state index contributed by atoms with van der Waals surface area (Å²) < 4.78 is 27.0. The molecule has 21 heavy (non-hydrogen) atoms. The largest absolute Gasteiger partial charge is 0.363 e. The van der Waals surface area contributed by atoms with Crippen molar-refractivity contribution in [2.24, 2.45) is 0 Å². The Bertz CT molecular complexity index is 797. The maximum Gasteiger partial charge on any atom is 0.363 e. The molecule has 2 heterocycles. The van der Waals surface area contributed by atoms with Gasteiger partial charge in [0, 0.05) is 16.7 Å². The highest BCUT2D eigenvalue weighted by Gasteiger charge is 2.19. The van der Waals surface area contributed by atoms with Crippen molar-refractivity contribution < 1.29 is 13.3 Å². The van der Waals surface area contributed by atoms with Crippen molar-refractivity contribution >= 4 is 49.1 Å². The van der Waals surface area contributed by atoms with Crippen LogP contribution in [0.5, 0.6) is 0 Å². The van der Waals surface area contributed by atoms with Gasteiger partial charge in [-0.05, 0) is 38.0 Å². The molecule has 0 saturated carbocycles. The molecule has 0 radical (unpaired) electrons. The predicted octanol–water partition coefficient (Wildman–Crippen LogP) is 2.60. The van der Waals surface area contributed by atoms with Crippen LogP contribution in [0.4, 0.5) is 11.5 Å². The van der Waals surface area contributed by atoms with E-state index in [1.807, 2.05) is 0 Å². The van der Waals surface area contributed by atoms with Crippen molar-refractivity contribution in [3.8, 4) is 0 Å². The monoisotopic (exact) mass is 392 g/mol. The fourth-order valence-electron chi connectivity index (χ4n) is 1.34. The summed E-state index contributed by atoms with van der Waals surface area (Å²) in [4.78, 5) is 16.8. The van der Waals surface area contributed by atoms with Crippen LogP contribution in [0.15, 0.2) is 40.0 Å². The molecule has 0 fully saturated rings. The van der Waals surface area contributed by atoms with Crippen molar-refractivity contribution in [1.29, 1.82) is 0 Å². The van der Waals surface area contributed by atoms with E-state index in [0.29, 0.717) is 4.47 Å². The molecule has 0 aromatic carbocycles. The first-order valence-electron chi connectivity index (χ1n) is 5.24. The van der Waals surface area contributed by atoms with E-state index in [-0.39, 0.29) is 15.7 Å². The number of hydrogen-bond acceptors (Lipinski definition) is 6. The summed E-state index contributed by atoms with van der Waals surface area (Å²) in [5.74, 6) is -0.448. The van der Waals surface area contributed by atoms with Crippen LogP contribution in [0.3, 0.4) is 0 Å².